The molecule has 0 fully saturated rings. The zero-order valence-corrected chi connectivity index (χ0v) is 12.5. The largest absolute Gasteiger partial charge is 0.394 e. The Bertz CT molecular complexity index is 308. The highest BCUT2D eigenvalue weighted by atomic mass is 16.4. The number of carbonyl (C=O) groups excluding carboxylic acids is 2. The number of aliphatic hydroxyl groups is 10. The Hall–Kier alpha value is -1.06. The molecule has 0 rings (SSSR count). The zero-order valence-electron chi connectivity index (χ0n) is 12.5. The molecule has 0 aliphatic carbocycles. The smallest absolute Gasteiger partial charge is 0.151 e. The summed E-state index contributed by atoms with van der Waals surface area (Å²) in [4.78, 5) is 19.8. The Morgan fingerprint density at radius 3 is 0.958 bits per heavy atom. The molecule has 0 amide bonds. The number of hydrogen-bond acceptors (Lipinski definition) is 12. The summed E-state index contributed by atoms with van der Waals surface area (Å²) in [6.45, 7) is -1.52. The van der Waals surface area contributed by atoms with Crippen LogP contribution in [0.3, 0.4) is 0 Å². The van der Waals surface area contributed by atoms with Crippen LogP contribution < -0.4 is 0 Å². The molecule has 0 spiro atoms. The molecular formula is C12H24O12. The van der Waals surface area contributed by atoms with Crippen LogP contribution in [0.15, 0.2) is 0 Å². The highest BCUT2D eigenvalue weighted by Gasteiger charge is 2.30. The average molecular weight is 360 g/mol. The molecular weight excluding hydrogens is 336 g/mol. The van der Waals surface area contributed by atoms with Crippen LogP contribution in [0.25, 0.3) is 0 Å². The molecule has 24 heavy (non-hydrogen) atoms. The second kappa shape index (κ2) is 13.3. The Morgan fingerprint density at radius 2 is 0.792 bits per heavy atom. The van der Waals surface area contributed by atoms with Crippen molar-refractivity contribution >= 4 is 12.6 Å². The van der Waals surface area contributed by atoms with Gasteiger partial charge in [0.2, 0.25) is 0 Å². The molecule has 10 N–H and O–H groups in total. The lowest BCUT2D eigenvalue weighted by molar-refractivity contribution is -0.136. The zero-order chi connectivity index (χ0) is 19.4. The van der Waals surface area contributed by atoms with Crippen molar-refractivity contribution in [2.24, 2.45) is 0 Å². The molecule has 0 aliphatic heterocycles. The molecule has 144 valence electrons. The van der Waals surface area contributed by atoms with Crippen molar-refractivity contribution < 1.29 is 60.7 Å². The Labute approximate surface area is 136 Å². The van der Waals surface area contributed by atoms with Crippen molar-refractivity contribution in [1.82, 2.24) is 0 Å². The van der Waals surface area contributed by atoms with Gasteiger partial charge in [0.05, 0.1) is 13.2 Å². The fourth-order valence-electron chi connectivity index (χ4n) is 1.24. The minimum atomic E-state index is -1.79. The van der Waals surface area contributed by atoms with Gasteiger partial charge in [0, 0.05) is 0 Å². The summed E-state index contributed by atoms with van der Waals surface area (Å²) in [5.74, 6) is 0. The molecule has 0 radical (unpaired) electrons. The molecule has 0 aromatic heterocycles. The van der Waals surface area contributed by atoms with E-state index in [0.29, 0.717) is 0 Å². The molecule has 0 unspecified atom stereocenters. The lowest BCUT2D eigenvalue weighted by Crippen LogP contribution is -2.46. The third-order valence-corrected chi connectivity index (χ3v) is 2.84. The van der Waals surface area contributed by atoms with E-state index in [1.165, 1.54) is 0 Å². The van der Waals surface area contributed by atoms with Crippen LogP contribution in [0.4, 0.5) is 0 Å². The van der Waals surface area contributed by atoms with Crippen LogP contribution in [0, 0.1) is 0 Å². The standard InChI is InChI=1S/2C6H12O6/c2*7-1-3(9)5(11)6(12)4(10)2-8/h2*1,3-6,8-12H,2H2/t3-,4+,5+,6-;3-,4+,5-,6+/m00/s1. The lowest BCUT2D eigenvalue weighted by Gasteiger charge is -2.22. The molecule has 0 saturated carbocycles. The second-order valence-corrected chi connectivity index (χ2v) is 4.72. The molecule has 12 nitrogen and oxygen atoms in total. The van der Waals surface area contributed by atoms with Crippen molar-refractivity contribution in [3.63, 3.8) is 0 Å². The number of aliphatic hydroxyl groups excluding tert-OH is 10. The van der Waals surface area contributed by atoms with Crippen LogP contribution in [0.1, 0.15) is 0 Å². The first-order valence-electron chi connectivity index (χ1n) is 6.65. The second-order valence-electron chi connectivity index (χ2n) is 4.72. The van der Waals surface area contributed by atoms with Crippen molar-refractivity contribution in [1.29, 1.82) is 0 Å². The van der Waals surface area contributed by atoms with Crippen LogP contribution in [-0.2, 0) is 9.59 Å². The lowest BCUT2D eigenvalue weighted by atomic mass is 10.0. The topological polar surface area (TPSA) is 236 Å². The normalized spacial score (nSPS) is 21.1. The predicted octanol–water partition coefficient (Wildman–Crippen LogP) is -6.76. The molecule has 0 saturated heterocycles. The fraction of sp³-hybridized carbons (Fsp3) is 0.833. The monoisotopic (exact) mass is 360 g/mol. The first-order valence-corrected chi connectivity index (χ1v) is 6.65. The number of hydrogen-bond donors (Lipinski definition) is 10. The van der Waals surface area contributed by atoms with Crippen molar-refractivity contribution in [2.75, 3.05) is 13.2 Å². The molecule has 0 aromatic carbocycles. The van der Waals surface area contributed by atoms with Crippen LogP contribution in [-0.4, -0.2) is 126 Å². The summed E-state index contributed by atoms with van der Waals surface area (Å²) < 4.78 is 0. The molecule has 12 heteroatoms. The predicted molar refractivity (Wildman–Crippen MR) is 74.4 cm³/mol. The third kappa shape index (κ3) is 8.70. The van der Waals surface area contributed by atoms with Gasteiger partial charge < -0.3 is 60.7 Å². The van der Waals surface area contributed by atoms with Crippen molar-refractivity contribution in [2.45, 2.75) is 48.8 Å². The molecule has 8 atom stereocenters. The molecule has 0 heterocycles. The van der Waals surface area contributed by atoms with Gasteiger partial charge in [0.25, 0.3) is 0 Å². The summed E-state index contributed by atoms with van der Waals surface area (Å²) in [6.07, 6.45) is -13.7. The minimum Gasteiger partial charge on any atom is -0.394 e. The first kappa shape index (κ1) is 25.2. The highest BCUT2D eigenvalue weighted by molar-refractivity contribution is 5.57. The fourth-order valence-corrected chi connectivity index (χ4v) is 1.24. The van der Waals surface area contributed by atoms with Gasteiger partial charge in [-0.15, -0.1) is 0 Å². The van der Waals surface area contributed by atoms with Gasteiger partial charge in [-0.3, -0.25) is 0 Å². The van der Waals surface area contributed by atoms with Gasteiger partial charge in [-0.1, -0.05) is 0 Å². The average Bonchev–Trinajstić information content (AvgIpc) is 2.62. The maximum atomic E-state index is 9.90. The van der Waals surface area contributed by atoms with E-state index in [0.717, 1.165) is 0 Å². The van der Waals surface area contributed by atoms with E-state index in [4.69, 9.17) is 51.1 Å². The first-order chi connectivity index (χ1) is 11.1. The van der Waals surface area contributed by atoms with Gasteiger partial charge in [-0.05, 0) is 0 Å². The summed E-state index contributed by atoms with van der Waals surface area (Å²) in [5.41, 5.74) is 0. The van der Waals surface area contributed by atoms with E-state index in [1.807, 2.05) is 0 Å². The Kier molecular flexibility index (Phi) is 13.9. The minimum absolute atomic E-state index is 0.0258. The van der Waals surface area contributed by atoms with Crippen LogP contribution in [0.5, 0.6) is 0 Å². The highest BCUT2D eigenvalue weighted by Crippen LogP contribution is 2.03. The number of rotatable bonds is 10. The molecule has 0 aliphatic rings. The van der Waals surface area contributed by atoms with E-state index < -0.39 is 62.0 Å². The van der Waals surface area contributed by atoms with E-state index in [9.17, 15) is 9.59 Å². The van der Waals surface area contributed by atoms with Gasteiger partial charge in [-0.2, -0.15) is 0 Å². The SMILES string of the molecule is O=C[C@H](O)[C@@H](O)[C@@H](O)[C@H](O)CO.O=C[C@H](O)[C@H](O)[C@H](O)[C@H](O)CO. The third-order valence-electron chi connectivity index (χ3n) is 2.84. The van der Waals surface area contributed by atoms with E-state index >= 15 is 0 Å². The Morgan fingerprint density at radius 1 is 0.542 bits per heavy atom. The van der Waals surface area contributed by atoms with Crippen molar-refractivity contribution in [3.8, 4) is 0 Å². The quantitative estimate of drug-likeness (QED) is 0.164. The number of carbonyl (C=O) groups is 2. The summed E-state index contributed by atoms with van der Waals surface area (Å²) in [6, 6.07) is 0. The van der Waals surface area contributed by atoms with Crippen LogP contribution in [0.2, 0.25) is 0 Å². The molecule has 0 aromatic rings. The van der Waals surface area contributed by atoms with Gasteiger partial charge in [0.15, 0.2) is 12.6 Å². The van der Waals surface area contributed by atoms with E-state index in [1.54, 1.807) is 0 Å². The van der Waals surface area contributed by atoms with Gasteiger partial charge in [-0.25, -0.2) is 0 Å². The van der Waals surface area contributed by atoms with E-state index in [2.05, 4.69) is 0 Å². The van der Waals surface area contributed by atoms with Crippen molar-refractivity contribution in [3.05, 3.63) is 0 Å². The number of aldehydes is 2. The van der Waals surface area contributed by atoms with Gasteiger partial charge in [0.1, 0.15) is 48.8 Å². The Balaban J connectivity index is 0. The van der Waals surface area contributed by atoms with E-state index in [-0.39, 0.29) is 12.6 Å². The molecule has 0 bridgehead atoms. The summed E-state index contributed by atoms with van der Waals surface area (Å²) >= 11 is 0. The summed E-state index contributed by atoms with van der Waals surface area (Å²) in [5, 5.41) is 87.1. The maximum absolute atomic E-state index is 9.90. The summed E-state index contributed by atoms with van der Waals surface area (Å²) in [7, 11) is 0. The maximum Gasteiger partial charge on any atom is 0.151 e. The van der Waals surface area contributed by atoms with Gasteiger partial charge >= 0.3 is 0 Å². The van der Waals surface area contributed by atoms with Crippen LogP contribution >= 0.6 is 0 Å².